The molecule has 2 aromatic rings. The van der Waals surface area contributed by atoms with Crippen LogP contribution in [0.1, 0.15) is 29.6 Å². The Hall–Kier alpha value is -2.15. The van der Waals surface area contributed by atoms with Crippen LogP contribution in [0.15, 0.2) is 24.3 Å². The lowest BCUT2D eigenvalue weighted by Crippen LogP contribution is -2.46. The van der Waals surface area contributed by atoms with Gasteiger partial charge < -0.3 is 15.0 Å². The van der Waals surface area contributed by atoms with Gasteiger partial charge in [0.15, 0.2) is 5.01 Å². The van der Waals surface area contributed by atoms with Crippen LogP contribution in [0, 0.1) is 0 Å². The number of piperidine rings is 1. The Balaban J connectivity index is 1.56. The molecule has 0 radical (unpaired) electrons. The highest BCUT2D eigenvalue weighted by atomic mass is 32.1. The molecule has 1 N–H and O–H groups in total. The number of thiazole rings is 1. The van der Waals surface area contributed by atoms with E-state index in [1.165, 1.54) is 11.3 Å². The molecular weight excluding hydrogens is 314 g/mol. The molecule has 1 aliphatic rings. The molecule has 1 aliphatic heterocycles. The highest BCUT2D eigenvalue weighted by molar-refractivity contribution is 7.20. The summed E-state index contributed by atoms with van der Waals surface area (Å²) in [5.74, 6) is -0.138. The number of fused-ring (bicyclic) bond motifs is 1. The minimum Gasteiger partial charge on any atom is -0.450 e. The van der Waals surface area contributed by atoms with Gasteiger partial charge in [0.1, 0.15) is 0 Å². The fraction of sp³-hybridized carbons (Fsp3) is 0.438. The molecule has 1 fully saturated rings. The van der Waals surface area contributed by atoms with Crippen LogP contribution in [0.3, 0.4) is 0 Å². The maximum absolute atomic E-state index is 12.3. The van der Waals surface area contributed by atoms with Gasteiger partial charge in [-0.2, -0.15) is 0 Å². The van der Waals surface area contributed by atoms with E-state index in [0.29, 0.717) is 24.7 Å². The zero-order chi connectivity index (χ0) is 16.2. The minimum atomic E-state index is -0.275. The number of para-hydroxylation sites is 1. The van der Waals surface area contributed by atoms with Crippen molar-refractivity contribution in [3.05, 3.63) is 29.3 Å². The smallest absolute Gasteiger partial charge is 0.409 e. The lowest BCUT2D eigenvalue weighted by molar-refractivity contribution is 0.0860. The zero-order valence-corrected chi connectivity index (χ0v) is 13.8. The second-order valence-corrected chi connectivity index (χ2v) is 6.45. The Bertz CT molecular complexity index is 674. The van der Waals surface area contributed by atoms with Crippen molar-refractivity contribution in [2.45, 2.75) is 25.8 Å². The van der Waals surface area contributed by atoms with Crippen LogP contribution >= 0.6 is 11.3 Å². The molecule has 122 valence electrons. The minimum absolute atomic E-state index is 0.0696. The van der Waals surface area contributed by atoms with Crippen molar-refractivity contribution < 1.29 is 14.3 Å². The van der Waals surface area contributed by atoms with E-state index >= 15 is 0 Å². The summed E-state index contributed by atoms with van der Waals surface area (Å²) in [4.78, 5) is 30.0. The third-order valence-corrected chi connectivity index (χ3v) is 4.88. The summed E-state index contributed by atoms with van der Waals surface area (Å²) >= 11 is 1.40. The molecule has 3 rings (SSSR count). The van der Waals surface area contributed by atoms with Gasteiger partial charge in [0, 0.05) is 19.1 Å². The van der Waals surface area contributed by atoms with Crippen molar-refractivity contribution >= 4 is 33.6 Å². The van der Waals surface area contributed by atoms with E-state index in [1.54, 1.807) is 11.8 Å². The molecule has 0 unspecified atom stereocenters. The largest absolute Gasteiger partial charge is 0.450 e. The summed E-state index contributed by atoms with van der Waals surface area (Å²) in [5, 5.41) is 3.50. The van der Waals surface area contributed by atoms with Crippen LogP contribution in [0.4, 0.5) is 4.79 Å². The molecule has 23 heavy (non-hydrogen) atoms. The molecule has 0 aliphatic carbocycles. The van der Waals surface area contributed by atoms with Gasteiger partial charge in [-0.25, -0.2) is 9.78 Å². The molecule has 0 saturated carbocycles. The number of nitrogens with one attached hydrogen (secondary N) is 1. The van der Waals surface area contributed by atoms with Gasteiger partial charge in [-0.1, -0.05) is 12.1 Å². The second kappa shape index (κ2) is 6.95. The number of aromatic nitrogens is 1. The average Bonchev–Trinajstić information content (AvgIpc) is 3.00. The number of carbonyl (C=O) groups is 2. The number of ether oxygens (including phenoxy) is 1. The van der Waals surface area contributed by atoms with E-state index in [4.69, 9.17) is 4.74 Å². The van der Waals surface area contributed by atoms with Crippen molar-refractivity contribution in [2.24, 2.45) is 0 Å². The van der Waals surface area contributed by atoms with Crippen LogP contribution in [-0.2, 0) is 4.74 Å². The van der Waals surface area contributed by atoms with Gasteiger partial charge in [0.05, 0.1) is 16.8 Å². The van der Waals surface area contributed by atoms with Gasteiger partial charge in [-0.3, -0.25) is 4.79 Å². The molecule has 1 saturated heterocycles. The Morgan fingerprint density at radius 1 is 1.35 bits per heavy atom. The first-order valence-corrected chi connectivity index (χ1v) is 8.57. The van der Waals surface area contributed by atoms with E-state index in [0.717, 1.165) is 23.1 Å². The molecule has 2 amide bonds. The summed E-state index contributed by atoms with van der Waals surface area (Å²) in [5.41, 5.74) is 0.847. The second-order valence-electron chi connectivity index (χ2n) is 5.42. The molecule has 1 aromatic heterocycles. The zero-order valence-electron chi connectivity index (χ0n) is 12.9. The highest BCUT2D eigenvalue weighted by Crippen LogP contribution is 2.22. The van der Waals surface area contributed by atoms with Crippen LogP contribution in [0.2, 0.25) is 0 Å². The average molecular weight is 333 g/mol. The van der Waals surface area contributed by atoms with Crippen molar-refractivity contribution in [3.8, 4) is 0 Å². The van der Waals surface area contributed by atoms with Gasteiger partial charge in [0.2, 0.25) is 0 Å². The fourth-order valence-corrected chi connectivity index (χ4v) is 3.51. The summed E-state index contributed by atoms with van der Waals surface area (Å²) in [7, 11) is 0. The topological polar surface area (TPSA) is 71.5 Å². The number of amides is 2. The van der Waals surface area contributed by atoms with Crippen LogP contribution in [0.25, 0.3) is 10.2 Å². The van der Waals surface area contributed by atoms with E-state index in [9.17, 15) is 9.59 Å². The van der Waals surface area contributed by atoms with E-state index in [-0.39, 0.29) is 18.0 Å². The SMILES string of the molecule is CCOC(=O)N1CCC(NC(=O)c2nc3ccccc3s2)CC1. The first-order chi connectivity index (χ1) is 11.2. The first kappa shape index (κ1) is 15.7. The molecule has 0 bridgehead atoms. The van der Waals surface area contributed by atoms with E-state index < -0.39 is 0 Å². The van der Waals surface area contributed by atoms with Gasteiger partial charge in [-0.05, 0) is 31.9 Å². The monoisotopic (exact) mass is 333 g/mol. The predicted molar refractivity (Wildman–Crippen MR) is 88.7 cm³/mol. The summed E-state index contributed by atoms with van der Waals surface area (Å²) < 4.78 is 6.00. The first-order valence-electron chi connectivity index (χ1n) is 7.75. The molecule has 0 atom stereocenters. The number of hydrogen-bond acceptors (Lipinski definition) is 5. The van der Waals surface area contributed by atoms with Gasteiger partial charge in [-0.15, -0.1) is 11.3 Å². The molecule has 2 heterocycles. The number of nitrogens with zero attached hydrogens (tertiary/aromatic N) is 2. The van der Waals surface area contributed by atoms with Gasteiger partial charge >= 0.3 is 6.09 Å². The number of hydrogen-bond donors (Lipinski definition) is 1. The summed E-state index contributed by atoms with van der Waals surface area (Å²) in [6, 6.07) is 7.78. The molecule has 0 spiro atoms. The lowest BCUT2D eigenvalue weighted by atomic mass is 10.1. The lowest BCUT2D eigenvalue weighted by Gasteiger charge is -2.31. The highest BCUT2D eigenvalue weighted by Gasteiger charge is 2.25. The fourth-order valence-electron chi connectivity index (χ4n) is 2.64. The maximum Gasteiger partial charge on any atom is 0.409 e. The number of likely N-dealkylation sites (tertiary alicyclic amines) is 1. The van der Waals surface area contributed by atoms with E-state index in [1.807, 2.05) is 24.3 Å². The number of rotatable bonds is 3. The van der Waals surface area contributed by atoms with Gasteiger partial charge in [0.25, 0.3) is 5.91 Å². The van der Waals surface area contributed by atoms with Crippen molar-refractivity contribution in [1.29, 1.82) is 0 Å². The molecule has 1 aromatic carbocycles. The van der Waals surface area contributed by atoms with Crippen LogP contribution < -0.4 is 5.32 Å². The summed E-state index contributed by atoms with van der Waals surface area (Å²) in [6.45, 7) is 3.38. The normalized spacial score (nSPS) is 15.6. The third kappa shape index (κ3) is 3.61. The third-order valence-electron chi connectivity index (χ3n) is 3.84. The van der Waals surface area contributed by atoms with Crippen molar-refractivity contribution in [3.63, 3.8) is 0 Å². The Kier molecular flexibility index (Phi) is 4.76. The Morgan fingerprint density at radius 3 is 2.78 bits per heavy atom. The predicted octanol–water partition coefficient (Wildman–Crippen LogP) is 2.65. The maximum atomic E-state index is 12.3. The Morgan fingerprint density at radius 2 is 2.09 bits per heavy atom. The quantitative estimate of drug-likeness (QED) is 0.937. The number of carbonyl (C=O) groups excluding carboxylic acids is 2. The molecule has 7 heteroatoms. The van der Waals surface area contributed by atoms with E-state index in [2.05, 4.69) is 10.3 Å². The van der Waals surface area contributed by atoms with Crippen LogP contribution in [-0.4, -0.2) is 47.6 Å². The number of benzene rings is 1. The van der Waals surface area contributed by atoms with Crippen LogP contribution in [0.5, 0.6) is 0 Å². The molecular formula is C16H19N3O3S. The standard InChI is InChI=1S/C16H19N3O3S/c1-2-22-16(21)19-9-7-11(8-10-19)17-14(20)15-18-12-5-3-4-6-13(12)23-15/h3-6,11H,2,7-10H2,1H3,(H,17,20). The molecule has 6 nitrogen and oxygen atoms in total. The summed E-state index contributed by atoms with van der Waals surface area (Å²) in [6.07, 6.45) is 1.19. The van der Waals surface area contributed by atoms with Crippen molar-refractivity contribution in [1.82, 2.24) is 15.2 Å². The van der Waals surface area contributed by atoms with Crippen molar-refractivity contribution in [2.75, 3.05) is 19.7 Å². The Labute approximate surface area is 138 Å².